The van der Waals surface area contributed by atoms with Crippen LogP contribution in [0, 0.1) is 6.92 Å². The number of hydrogen-bond acceptors (Lipinski definition) is 4. The van der Waals surface area contributed by atoms with Crippen molar-refractivity contribution in [3.63, 3.8) is 0 Å². The molecule has 1 aromatic heterocycles. The van der Waals surface area contributed by atoms with Crippen molar-refractivity contribution in [1.29, 1.82) is 0 Å². The molecule has 0 saturated carbocycles. The fourth-order valence-electron chi connectivity index (χ4n) is 1.97. The molecule has 2 aromatic rings. The predicted molar refractivity (Wildman–Crippen MR) is 82.7 cm³/mol. The number of anilines is 1. The summed E-state index contributed by atoms with van der Waals surface area (Å²) in [5.41, 5.74) is 8.26. The molecule has 1 atom stereocenters. The molecule has 1 aromatic carbocycles. The van der Waals surface area contributed by atoms with E-state index < -0.39 is 0 Å². The minimum atomic E-state index is -0.0472. The molecule has 0 amide bonds. The zero-order chi connectivity index (χ0) is 14.5. The minimum absolute atomic E-state index is 0.0472. The highest BCUT2D eigenvalue weighted by Gasteiger charge is 2.08. The molecule has 20 heavy (non-hydrogen) atoms. The molecule has 0 saturated heterocycles. The third-order valence-corrected chi connectivity index (χ3v) is 3.12. The normalized spacial score (nSPS) is 12.4. The van der Waals surface area contributed by atoms with Crippen LogP contribution >= 0.6 is 0 Å². The third kappa shape index (κ3) is 3.78. The molecule has 4 nitrogen and oxygen atoms in total. The van der Waals surface area contributed by atoms with E-state index in [0.29, 0.717) is 12.5 Å². The molecule has 0 radical (unpaired) electrons. The van der Waals surface area contributed by atoms with Crippen molar-refractivity contribution in [1.82, 2.24) is 9.97 Å². The van der Waals surface area contributed by atoms with Crippen LogP contribution in [0.2, 0.25) is 0 Å². The predicted octanol–water partition coefficient (Wildman–Crippen LogP) is 3.02. The first kappa shape index (κ1) is 14.5. The first-order valence-electron chi connectivity index (χ1n) is 6.96. The van der Waals surface area contributed by atoms with Gasteiger partial charge >= 0.3 is 0 Å². The maximum atomic E-state index is 6.17. The van der Waals surface area contributed by atoms with Gasteiger partial charge in [-0.05, 0) is 12.5 Å². The molecule has 0 fully saturated rings. The fourth-order valence-corrected chi connectivity index (χ4v) is 1.97. The summed E-state index contributed by atoms with van der Waals surface area (Å²) in [6, 6.07) is 12.0. The summed E-state index contributed by atoms with van der Waals surface area (Å²) >= 11 is 0. The maximum Gasteiger partial charge on any atom is 0.133 e. The smallest absolute Gasteiger partial charge is 0.133 e. The van der Waals surface area contributed by atoms with Gasteiger partial charge in [0.2, 0.25) is 0 Å². The zero-order valence-corrected chi connectivity index (χ0v) is 12.3. The highest BCUT2D eigenvalue weighted by atomic mass is 15.0. The lowest BCUT2D eigenvalue weighted by Crippen LogP contribution is -2.21. The molecule has 0 aliphatic rings. The molecule has 4 heteroatoms. The summed E-state index contributed by atoms with van der Waals surface area (Å²) in [5.74, 6) is 2.02. The third-order valence-electron chi connectivity index (χ3n) is 3.12. The lowest BCUT2D eigenvalue weighted by molar-refractivity contribution is 0.745. The van der Waals surface area contributed by atoms with Crippen LogP contribution in [0.3, 0.4) is 0 Å². The van der Waals surface area contributed by atoms with Gasteiger partial charge in [-0.25, -0.2) is 9.97 Å². The number of benzene rings is 1. The molecule has 2 rings (SSSR count). The van der Waals surface area contributed by atoms with Crippen molar-refractivity contribution in [3.8, 4) is 0 Å². The summed E-state index contributed by atoms with van der Waals surface area (Å²) in [7, 11) is 0. The summed E-state index contributed by atoms with van der Waals surface area (Å²) in [6.45, 7) is 6.82. The van der Waals surface area contributed by atoms with E-state index in [2.05, 4.69) is 29.1 Å². The van der Waals surface area contributed by atoms with Crippen molar-refractivity contribution in [3.05, 3.63) is 53.5 Å². The first-order chi connectivity index (χ1) is 9.56. The molecule has 0 spiro atoms. The van der Waals surface area contributed by atoms with Crippen LogP contribution in [-0.4, -0.2) is 16.5 Å². The van der Waals surface area contributed by atoms with Crippen LogP contribution in [0.25, 0.3) is 0 Å². The van der Waals surface area contributed by atoms with E-state index in [1.165, 1.54) is 0 Å². The zero-order valence-electron chi connectivity index (χ0n) is 12.3. The number of hydrogen-bond donors (Lipinski definition) is 2. The van der Waals surface area contributed by atoms with Gasteiger partial charge in [0, 0.05) is 30.3 Å². The van der Waals surface area contributed by atoms with Gasteiger partial charge in [0.15, 0.2) is 0 Å². The number of rotatable bonds is 5. The summed E-state index contributed by atoms with van der Waals surface area (Å²) in [4.78, 5) is 8.96. The highest BCUT2D eigenvalue weighted by molar-refractivity contribution is 5.37. The van der Waals surface area contributed by atoms with Crippen molar-refractivity contribution in [2.75, 3.05) is 11.9 Å². The quantitative estimate of drug-likeness (QED) is 0.876. The van der Waals surface area contributed by atoms with E-state index in [4.69, 9.17) is 5.73 Å². The van der Waals surface area contributed by atoms with Crippen LogP contribution in [0.15, 0.2) is 36.4 Å². The van der Waals surface area contributed by atoms with E-state index >= 15 is 0 Å². The average molecular weight is 270 g/mol. The molecule has 0 aliphatic heterocycles. The highest BCUT2D eigenvalue weighted by Crippen LogP contribution is 2.15. The number of nitrogens with two attached hydrogens (primary N) is 1. The summed E-state index contributed by atoms with van der Waals surface area (Å²) < 4.78 is 0. The Hall–Kier alpha value is -1.94. The van der Waals surface area contributed by atoms with Gasteiger partial charge in [0.05, 0.1) is 0 Å². The molecule has 3 N–H and O–H groups in total. The van der Waals surface area contributed by atoms with Gasteiger partial charge in [-0.1, -0.05) is 44.2 Å². The molecule has 0 aliphatic carbocycles. The molecule has 1 heterocycles. The van der Waals surface area contributed by atoms with Crippen molar-refractivity contribution < 1.29 is 0 Å². The Morgan fingerprint density at radius 2 is 1.85 bits per heavy atom. The van der Waals surface area contributed by atoms with E-state index in [0.717, 1.165) is 22.9 Å². The summed E-state index contributed by atoms with van der Waals surface area (Å²) in [5, 5.41) is 3.30. The number of aromatic nitrogens is 2. The molecular formula is C16H22N4. The van der Waals surface area contributed by atoms with Crippen molar-refractivity contribution in [2.24, 2.45) is 5.73 Å². The Morgan fingerprint density at radius 3 is 2.50 bits per heavy atom. The van der Waals surface area contributed by atoms with Gasteiger partial charge in [-0.3, -0.25) is 0 Å². The van der Waals surface area contributed by atoms with Crippen LogP contribution < -0.4 is 11.1 Å². The lowest BCUT2D eigenvalue weighted by atomic mass is 10.1. The van der Waals surface area contributed by atoms with Gasteiger partial charge in [-0.2, -0.15) is 0 Å². The average Bonchev–Trinajstić information content (AvgIpc) is 2.45. The van der Waals surface area contributed by atoms with E-state index in [9.17, 15) is 0 Å². The summed E-state index contributed by atoms with van der Waals surface area (Å²) in [6.07, 6.45) is 0. The SMILES string of the molecule is Cc1cc(NCC(N)c2ccccc2)nc(C(C)C)n1. The fraction of sp³-hybridized carbons (Fsp3) is 0.375. The second-order valence-electron chi connectivity index (χ2n) is 5.31. The first-order valence-corrected chi connectivity index (χ1v) is 6.96. The largest absolute Gasteiger partial charge is 0.368 e. The van der Waals surface area contributed by atoms with Crippen LogP contribution in [0.5, 0.6) is 0 Å². The Labute approximate surface area is 120 Å². The molecule has 0 bridgehead atoms. The Bertz CT molecular complexity index is 552. The number of nitrogens with zero attached hydrogens (tertiary/aromatic N) is 2. The van der Waals surface area contributed by atoms with Gasteiger partial charge in [-0.15, -0.1) is 0 Å². The van der Waals surface area contributed by atoms with Crippen molar-refractivity contribution >= 4 is 5.82 Å². The Balaban J connectivity index is 2.04. The second kappa shape index (κ2) is 6.48. The Morgan fingerprint density at radius 1 is 1.15 bits per heavy atom. The van der Waals surface area contributed by atoms with Crippen LogP contribution in [0.1, 0.15) is 42.9 Å². The molecule has 106 valence electrons. The minimum Gasteiger partial charge on any atom is -0.368 e. The van der Waals surface area contributed by atoms with E-state index in [1.54, 1.807) is 0 Å². The van der Waals surface area contributed by atoms with Gasteiger partial charge in [0.25, 0.3) is 0 Å². The Kier molecular flexibility index (Phi) is 4.69. The van der Waals surface area contributed by atoms with E-state index in [-0.39, 0.29) is 6.04 Å². The van der Waals surface area contributed by atoms with Crippen LogP contribution in [0.4, 0.5) is 5.82 Å². The van der Waals surface area contributed by atoms with E-state index in [1.807, 2.05) is 43.3 Å². The molecule has 1 unspecified atom stereocenters. The molecular weight excluding hydrogens is 248 g/mol. The van der Waals surface area contributed by atoms with Crippen molar-refractivity contribution in [2.45, 2.75) is 32.7 Å². The standard InChI is InChI=1S/C16H22N4/c1-11(2)16-19-12(3)9-15(20-16)18-10-14(17)13-7-5-4-6-8-13/h4-9,11,14H,10,17H2,1-3H3,(H,18,19,20). The number of nitrogens with one attached hydrogen (secondary N) is 1. The van der Waals surface area contributed by atoms with Gasteiger partial charge < -0.3 is 11.1 Å². The number of aryl methyl sites for hydroxylation is 1. The monoisotopic (exact) mass is 270 g/mol. The van der Waals surface area contributed by atoms with Gasteiger partial charge in [0.1, 0.15) is 11.6 Å². The topological polar surface area (TPSA) is 63.8 Å². The maximum absolute atomic E-state index is 6.17. The lowest BCUT2D eigenvalue weighted by Gasteiger charge is -2.15. The second-order valence-corrected chi connectivity index (χ2v) is 5.31. The van der Waals surface area contributed by atoms with Crippen LogP contribution in [-0.2, 0) is 0 Å².